The van der Waals surface area contributed by atoms with Crippen LogP contribution in [-0.2, 0) is 4.79 Å². The topological polar surface area (TPSA) is 83.0 Å². The Morgan fingerprint density at radius 2 is 2.38 bits per heavy atom. The van der Waals surface area contributed by atoms with Gasteiger partial charge in [0, 0.05) is 17.0 Å². The number of thioether (sulfide) groups is 1. The van der Waals surface area contributed by atoms with Gasteiger partial charge in [0.25, 0.3) is 5.56 Å². The standard InChI is InChI=1S/C10H14N2O3S/c1-3-7(5-9(14)15)16-10-11-6(2)4-8(13)12-10/h4,7H,3,5H2,1-2H3,(H,14,15)(H,11,12,13). The van der Waals surface area contributed by atoms with Crippen molar-refractivity contribution in [3.8, 4) is 0 Å². The van der Waals surface area contributed by atoms with E-state index < -0.39 is 5.97 Å². The number of hydrogen-bond donors (Lipinski definition) is 2. The number of nitrogens with zero attached hydrogens (tertiary/aromatic N) is 1. The van der Waals surface area contributed by atoms with Gasteiger partial charge in [0.05, 0.1) is 6.42 Å². The van der Waals surface area contributed by atoms with E-state index in [4.69, 9.17) is 5.11 Å². The van der Waals surface area contributed by atoms with Crippen LogP contribution in [0.4, 0.5) is 0 Å². The van der Waals surface area contributed by atoms with Gasteiger partial charge in [0.1, 0.15) is 0 Å². The maximum absolute atomic E-state index is 11.2. The van der Waals surface area contributed by atoms with E-state index in [1.165, 1.54) is 17.8 Å². The van der Waals surface area contributed by atoms with E-state index in [0.717, 1.165) is 0 Å². The Morgan fingerprint density at radius 3 is 2.88 bits per heavy atom. The SMILES string of the molecule is CCC(CC(=O)O)Sc1nc(C)cc(=O)[nH]1. The number of rotatable bonds is 5. The molecule has 0 saturated carbocycles. The van der Waals surface area contributed by atoms with E-state index in [1.54, 1.807) is 6.92 Å². The fourth-order valence-corrected chi connectivity index (χ4v) is 2.29. The molecule has 0 amide bonds. The van der Waals surface area contributed by atoms with Crippen molar-refractivity contribution < 1.29 is 9.90 Å². The molecule has 0 bridgehead atoms. The molecule has 88 valence electrons. The van der Waals surface area contributed by atoms with Crippen molar-refractivity contribution in [3.05, 3.63) is 22.1 Å². The van der Waals surface area contributed by atoms with Crippen molar-refractivity contribution in [1.29, 1.82) is 0 Å². The van der Waals surface area contributed by atoms with Gasteiger partial charge in [-0.25, -0.2) is 4.98 Å². The molecule has 1 aromatic heterocycles. The molecule has 5 nitrogen and oxygen atoms in total. The zero-order valence-corrected chi connectivity index (χ0v) is 10.0. The first-order chi connectivity index (χ1) is 7.51. The average Bonchev–Trinajstić information content (AvgIpc) is 2.14. The highest BCUT2D eigenvalue weighted by Gasteiger charge is 2.14. The predicted octanol–water partition coefficient (Wildman–Crippen LogP) is 1.42. The number of hydrogen-bond acceptors (Lipinski definition) is 4. The summed E-state index contributed by atoms with van der Waals surface area (Å²) in [6, 6.07) is 1.40. The third-order valence-electron chi connectivity index (χ3n) is 1.98. The molecule has 0 radical (unpaired) electrons. The third kappa shape index (κ3) is 4.06. The van der Waals surface area contributed by atoms with Crippen molar-refractivity contribution in [2.75, 3.05) is 0 Å². The fourth-order valence-electron chi connectivity index (χ4n) is 1.23. The summed E-state index contributed by atoms with van der Waals surface area (Å²) in [5.74, 6) is -0.839. The Hall–Kier alpha value is -1.30. The first kappa shape index (κ1) is 12.8. The summed E-state index contributed by atoms with van der Waals surface area (Å²) in [6.45, 7) is 3.64. The van der Waals surface area contributed by atoms with Crippen molar-refractivity contribution in [1.82, 2.24) is 9.97 Å². The highest BCUT2D eigenvalue weighted by molar-refractivity contribution is 7.99. The molecule has 1 aromatic rings. The van der Waals surface area contributed by atoms with Crippen LogP contribution in [0.2, 0.25) is 0 Å². The van der Waals surface area contributed by atoms with Crippen LogP contribution in [0.15, 0.2) is 16.0 Å². The molecular formula is C10H14N2O3S. The molecule has 0 aliphatic carbocycles. The first-order valence-electron chi connectivity index (χ1n) is 4.97. The monoisotopic (exact) mass is 242 g/mol. The Labute approximate surface area is 97.3 Å². The molecule has 1 unspecified atom stereocenters. The van der Waals surface area contributed by atoms with Crippen molar-refractivity contribution in [2.45, 2.75) is 37.1 Å². The number of carbonyl (C=O) groups is 1. The van der Waals surface area contributed by atoms with Crippen LogP contribution in [-0.4, -0.2) is 26.3 Å². The van der Waals surface area contributed by atoms with Crippen LogP contribution in [0.1, 0.15) is 25.5 Å². The summed E-state index contributed by atoms with van der Waals surface area (Å²) in [7, 11) is 0. The summed E-state index contributed by atoms with van der Waals surface area (Å²) >= 11 is 1.30. The zero-order chi connectivity index (χ0) is 12.1. The number of carboxylic acid groups (broad SMARTS) is 1. The molecule has 0 saturated heterocycles. The second kappa shape index (κ2) is 5.69. The summed E-state index contributed by atoms with van der Waals surface area (Å²) in [5, 5.41) is 9.11. The Bertz CT molecular complexity index is 430. The highest BCUT2D eigenvalue weighted by Crippen LogP contribution is 2.23. The molecule has 0 aromatic carbocycles. The largest absolute Gasteiger partial charge is 0.481 e. The lowest BCUT2D eigenvalue weighted by Crippen LogP contribution is -2.13. The minimum Gasteiger partial charge on any atom is -0.481 e. The summed E-state index contributed by atoms with van der Waals surface area (Å²) in [5.41, 5.74) is 0.427. The van der Waals surface area contributed by atoms with E-state index in [9.17, 15) is 9.59 Å². The Kier molecular flexibility index (Phi) is 4.54. The summed E-state index contributed by atoms with van der Waals surface area (Å²) in [4.78, 5) is 28.5. The van der Waals surface area contributed by atoms with Crippen LogP contribution in [0.3, 0.4) is 0 Å². The van der Waals surface area contributed by atoms with Crippen LogP contribution >= 0.6 is 11.8 Å². The predicted molar refractivity (Wildman–Crippen MR) is 61.8 cm³/mol. The van der Waals surface area contributed by atoms with Crippen LogP contribution in [0.25, 0.3) is 0 Å². The first-order valence-corrected chi connectivity index (χ1v) is 5.85. The molecule has 1 atom stereocenters. The molecule has 0 aliphatic heterocycles. The van der Waals surface area contributed by atoms with Crippen molar-refractivity contribution in [3.63, 3.8) is 0 Å². The number of aromatic nitrogens is 2. The number of carboxylic acids is 1. The zero-order valence-electron chi connectivity index (χ0n) is 9.19. The molecule has 6 heteroatoms. The maximum atomic E-state index is 11.2. The lowest BCUT2D eigenvalue weighted by atomic mass is 10.2. The molecule has 0 fully saturated rings. The van der Waals surface area contributed by atoms with Gasteiger partial charge >= 0.3 is 5.97 Å². The molecule has 1 heterocycles. The van der Waals surface area contributed by atoms with Crippen LogP contribution in [0, 0.1) is 6.92 Å². The Morgan fingerprint density at radius 1 is 1.69 bits per heavy atom. The quantitative estimate of drug-likeness (QED) is 0.602. The van der Waals surface area contributed by atoms with E-state index in [1.807, 2.05) is 6.92 Å². The minimum atomic E-state index is -0.839. The molecule has 2 N–H and O–H groups in total. The van der Waals surface area contributed by atoms with Gasteiger partial charge in [-0.05, 0) is 13.3 Å². The van der Waals surface area contributed by atoms with E-state index in [2.05, 4.69) is 9.97 Å². The number of aryl methyl sites for hydroxylation is 1. The average molecular weight is 242 g/mol. The molecule has 0 aliphatic rings. The minimum absolute atomic E-state index is 0.0672. The molecular weight excluding hydrogens is 228 g/mol. The highest BCUT2D eigenvalue weighted by atomic mass is 32.2. The summed E-state index contributed by atoms with van der Waals surface area (Å²) in [6.07, 6.45) is 0.785. The third-order valence-corrected chi connectivity index (χ3v) is 3.23. The van der Waals surface area contributed by atoms with Crippen LogP contribution < -0.4 is 5.56 Å². The van der Waals surface area contributed by atoms with Gasteiger partial charge in [0.2, 0.25) is 0 Å². The Balaban J connectivity index is 2.77. The van der Waals surface area contributed by atoms with E-state index in [0.29, 0.717) is 17.3 Å². The van der Waals surface area contributed by atoms with Gasteiger partial charge in [-0.1, -0.05) is 18.7 Å². The maximum Gasteiger partial charge on any atom is 0.304 e. The van der Waals surface area contributed by atoms with Gasteiger partial charge in [-0.2, -0.15) is 0 Å². The number of nitrogens with one attached hydrogen (secondary N) is 1. The molecule has 16 heavy (non-hydrogen) atoms. The van der Waals surface area contributed by atoms with Gasteiger partial charge in [-0.3, -0.25) is 9.59 Å². The second-order valence-corrected chi connectivity index (χ2v) is 4.73. The van der Waals surface area contributed by atoms with Crippen LogP contribution in [0.5, 0.6) is 0 Å². The van der Waals surface area contributed by atoms with Gasteiger partial charge in [-0.15, -0.1) is 0 Å². The number of aromatic amines is 1. The normalized spacial score (nSPS) is 12.4. The second-order valence-electron chi connectivity index (χ2n) is 3.44. The fraction of sp³-hybridized carbons (Fsp3) is 0.500. The lowest BCUT2D eigenvalue weighted by molar-refractivity contribution is -0.136. The van der Waals surface area contributed by atoms with E-state index >= 15 is 0 Å². The number of aliphatic carboxylic acids is 1. The van der Waals surface area contributed by atoms with Crippen molar-refractivity contribution >= 4 is 17.7 Å². The smallest absolute Gasteiger partial charge is 0.304 e. The lowest BCUT2D eigenvalue weighted by Gasteiger charge is -2.10. The molecule has 0 spiro atoms. The summed E-state index contributed by atoms with van der Waals surface area (Å²) < 4.78 is 0. The van der Waals surface area contributed by atoms with E-state index in [-0.39, 0.29) is 17.2 Å². The number of H-pyrrole nitrogens is 1. The van der Waals surface area contributed by atoms with Gasteiger partial charge < -0.3 is 10.1 Å². The van der Waals surface area contributed by atoms with Crippen molar-refractivity contribution in [2.24, 2.45) is 0 Å². The van der Waals surface area contributed by atoms with Gasteiger partial charge in [0.15, 0.2) is 5.16 Å². The molecule has 1 rings (SSSR count).